The highest BCUT2D eigenvalue weighted by atomic mass is 32.2. The van der Waals surface area contributed by atoms with Gasteiger partial charge in [0.2, 0.25) is 0 Å². The van der Waals surface area contributed by atoms with Gasteiger partial charge in [-0.25, -0.2) is 0 Å². The Balaban J connectivity index is 1.82. The largest absolute Gasteiger partial charge is 0.377 e. The molecule has 0 bridgehead atoms. The van der Waals surface area contributed by atoms with Crippen molar-refractivity contribution >= 4 is 23.4 Å². The summed E-state index contributed by atoms with van der Waals surface area (Å²) in [6.07, 6.45) is 0. The van der Waals surface area contributed by atoms with E-state index in [1.54, 1.807) is 7.05 Å². The van der Waals surface area contributed by atoms with Crippen LogP contribution in [0, 0.1) is 6.92 Å². The van der Waals surface area contributed by atoms with Crippen molar-refractivity contribution < 1.29 is 4.79 Å². The summed E-state index contributed by atoms with van der Waals surface area (Å²) >= 11 is 1.89. The molecule has 0 fully saturated rings. The first-order valence-electron chi connectivity index (χ1n) is 7.00. The minimum Gasteiger partial charge on any atom is -0.377 e. The van der Waals surface area contributed by atoms with E-state index >= 15 is 0 Å². The van der Waals surface area contributed by atoms with E-state index in [0.29, 0.717) is 11.6 Å². The molecule has 3 nitrogen and oxygen atoms in total. The third-order valence-corrected chi connectivity index (χ3v) is 4.93. The molecule has 3 rings (SSSR count). The maximum atomic E-state index is 11.7. The number of amides is 1. The van der Waals surface area contributed by atoms with E-state index in [1.807, 2.05) is 36.9 Å². The SMILES string of the molecule is CNC(=O)c1ccc(NC2CSc3ccccc32)c(C)c1. The fourth-order valence-electron chi connectivity index (χ4n) is 2.58. The highest BCUT2D eigenvalue weighted by Gasteiger charge is 2.22. The molecule has 21 heavy (non-hydrogen) atoms. The lowest BCUT2D eigenvalue weighted by molar-refractivity contribution is 0.0963. The van der Waals surface area contributed by atoms with Gasteiger partial charge in [0.25, 0.3) is 5.91 Å². The molecule has 4 heteroatoms. The Morgan fingerprint density at radius 3 is 2.81 bits per heavy atom. The van der Waals surface area contributed by atoms with E-state index in [0.717, 1.165) is 17.0 Å². The molecule has 2 N–H and O–H groups in total. The van der Waals surface area contributed by atoms with Gasteiger partial charge < -0.3 is 10.6 Å². The molecule has 0 spiro atoms. The first kappa shape index (κ1) is 14.0. The number of hydrogen-bond donors (Lipinski definition) is 2. The van der Waals surface area contributed by atoms with Gasteiger partial charge in [-0.05, 0) is 42.3 Å². The average molecular weight is 298 g/mol. The smallest absolute Gasteiger partial charge is 0.251 e. The number of aryl methyl sites for hydroxylation is 1. The topological polar surface area (TPSA) is 41.1 Å². The molecule has 0 saturated carbocycles. The molecule has 1 unspecified atom stereocenters. The zero-order chi connectivity index (χ0) is 14.8. The summed E-state index contributed by atoms with van der Waals surface area (Å²) in [5, 5.41) is 6.25. The van der Waals surface area contributed by atoms with Gasteiger partial charge in [0.05, 0.1) is 6.04 Å². The Morgan fingerprint density at radius 1 is 1.24 bits per heavy atom. The van der Waals surface area contributed by atoms with Crippen molar-refractivity contribution in [1.82, 2.24) is 5.32 Å². The third kappa shape index (κ3) is 2.76. The second-order valence-corrected chi connectivity index (χ2v) is 6.22. The number of carbonyl (C=O) groups excluding carboxylic acids is 1. The second-order valence-electron chi connectivity index (χ2n) is 5.15. The van der Waals surface area contributed by atoms with Crippen molar-refractivity contribution in [3.05, 3.63) is 59.2 Å². The van der Waals surface area contributed by atoms with Crippen molar-refractivity contribution in [3.63, 3.8) is 0 Å². The number of carbonyl (C=O) groups is 1. The van der Waals surface area contributed by atoms with Gasteiger partial charge in [0, 0.05) is 28.9 Å². The maximum Gasteiger partial charge on any atom is 0.251 e. The van der Waals surface area contributed by atoms with Crippen LogP contribution in [0.5, 0.6) is 0 Å². The highest BCUT2D eigenvalue weighted by Crippen LogP contribution is 2.39. The van der Waals surface area contributed by atoms with Crippen molar-refractivity contribution in [2.45, 2.75) is 17.9 Å². The summed E-state index contributed by atoms with van der Waals surface area (Å²) in [5.74, 6) is 0.988. The highest BCUT2D eigenvalue weighted by molar-refractivity contribution is 7.99. The maximum absolute atomic E-state index is 11.7. The number of nitrogens with one attached hydrogen (secondary N) is 2. The number of thioether (sulfide) groups is 1. The van der Waals surface area contributed by atoms with Crippen molar-refractivity contribution in [1.29, 1.82) is 0 Å². The predicted octanol–water partition coefficient (Wildman–Crippen LogP) is 3.61. The van der Waals surface area contributed by atoms with Gasteiger partial charge in [0.15, 0.2) is 0 Å². The lowest BCUT2D eigenvalue weighted by atomic mass is 10.1. The minimum absolute atomic E-state index is 0.0496. The summed E-state index contributed by atoms with van der Waals surface area (Å²) in [4.78, 5) is 13.0. The number of fused-ring (bicyclic) bond motifs is 1. The van der Waals surface area contributed by atoms with Crippen LogP contribution < -0.4 is 10.6 Å². The van der Waals surface area contributed by atoms with Crippen LogP contribution in [0.1, 0.15) is 27.5 Å². The van der Waals surface area contributed by atoms with Gasteiger partial charge in [-0.1, -0.05) is 18.2 Å². The molecule has 1 atom stereocenters. The van der Waals surface area contributed by atoms with Gasteiger partial charge in [-0.15, -0.1) is 11.8 Å². The van der Waals surface area contributed by atoms with Gasteiger partial charge in [-0.2, -0.15) is 0 Å². The minimum atomic E-state index is -0.0496. The molecule has 2 aromatic carbocycles. The fraction of sp³-hybridized carbons (Fsp3) is 0.235. The van der Waals surface area contributed by atoms with E-state index in [2.05, 4.69) is 34.9 Å². The first-order valence-corrected chi connectivity index (χ1v) is 7.98. The van der Waals surface area contributed by atoms with E-state index in [-0.39, 0.29) is 5.91 Å². The summed E-state index contributed by atoms with van der Waals surface area (Å²) in [6, 6.07) is 14.6. The lowest BCUT2D eigenvalue weighted by Crippen LogP contribution is -2.18. The fourth-order valence-corrected chi connectivity index (χ4v) is 3.74. The lowest BCUT2D eigenvalue weighted by Gasteiger charge is -2.17. The first-order chi connectivity index (χ1) is 10.2. The molecule has 0 aliphatic carbocycles. The van der Waals surface area contributed by atoms with Crippen LogP contribution in [0.15, 0.2) is 47.4 Å². The molecule has 2 aromatic rings. The van der Waals surface area contributed by atoms with Crippen molar-refractivity contribution in [2.75, 3.05) is 18.1 Å². The molecule has 0 saturated heterocycles. The van der Waals surface area contributed by atoms with Gasteiger partial charge in [0.1, 0.15) is 0 Å². The molecular weight excluding hydrogens is 280 g/mol. The standard InChI is InChI=1S/C17H18N2OS/c1-11-9-12(17(20)18-2)7-8-14(11)19-15-10-21-16-6-4-3-5-13(15)16/h3-9,15,19H,10H2,1-2H3,(H,18,20). The number of rotatable bonds is 3. The zero-order valence-corrected chi connectivity index (χ0v) is 13.0. The summed E-state index contributed by atoms with van der Waals surface area (Å²) in [7, 11) is 1.65. The van der Waals surface area contributed by atoms with Crippen LogP contribution in [0.2, 0.25) is 0 Å². The Kier molecular flexibility index (Phi) is 3.88. The number of hydrogen-bond acceptors (Lipinski definition) is 3. The van der Waals surface area contributed by atoms with E-state index in [1.165, 1.54) is 10.5 Å². The Labute approximate surface area is 129 Å². The molecule has 1 aliphatic heterocycles. The summed E-state index contributed by atoms with van der Waals surface area (Å²) in [5.41, 5.74) is 4.23. The van der Waals surface area contributed by atoms with Crippen LogP contribution in [0.4, 0.5) is 5.69 Å². The number of benzene rings is 2. The number of anilines is 1. The van der Waals surface area contributed by atoms with Gasteiger partial charge >= 0.3 is 0 Å². The Morgan fingerprint density at radius 2 is 2.05 bits per heavy atom. The molecule has 1 amide bonds. The van der Waals surface area contributed by atoms with Crippen LogP contribution in [0.3, 0.4) is 0 Å². The molecular formula is C17H18N2OS. The van der Waals surface area contributed by atoms with E-state index in [4.69, 9.17) is 0 Å². The van der Waals surface area contributed by atoms with Crippen molar-refractivity contribution in [3.8, 4) is 0 Å². The molecule has 0 radical (unpaired) electrons. The van der Waals surface area contributed by atoms with E-state index in [9.17, 15) is 4.79 Å². The monoisotopic (exact) mass is 298 g/mol. The van der Waals surface area contributed by atoms with Crippen LogP contribution in [0.25, 0.3) is 0 Å². The van der Waals surface area contributed by atoms with Gasteiger partial charge in [-0.3, -0.25) is 4.79 Å². The summed E-state index contributed by atoms with van der Waals surface area (Å²) < 4.78 is 0. The van der Waals surface area contributed by atoms with Crippen LogP contribution in [-0.2, 0) is 0 Å². The third-order valence-electron chi connectivity index (χ3n) is 3.75. The molecule has 0 aromatic heterocycles. The molecule has 1 heterocycles. The Bertz CT molecular complexity index is 684. The average Bonchev–Trinajstić information content (AvgIpc) is 2.92. The van der Waals surface area contributed by atoms with Crippen LogP contribution >= 0.6 is 11.8 Å². The predicted molar refractivity (Wildman–Crippen MR) is 88.1 cm³/mol. The van der Waals surface area contributed by atoms with Crippen molar-refractivity contribution in [2.24, 2.45) is 0 Å². The second kappa shape index (κ2) is 5.82. The quantitative estimate of drug-likeness (QED) is 0.909. The molecule has 1 aliphatic rings. The molecule has 108 valence electrons. The Hall–Kier alpha value is -1.94. The van der Waals surface area contributed by atoms with Crippen LogP contribution in [-0.4, -0.2) is 18.7 Å². The summed E-state index contributed by atoms with van der Waals surface area (Å²) in [6.45, 7) is 2.03. The normalized spacial score (nSPS) is 16.4. The zero-order valence-electron chi connectivity index (χ0n) is 12.1. The van der Waals surface area contributed by atoms with E-state index < -0.39 is 0 Å².